The Morgan fingerprint density at radius 1 is 1.00 bits per heavy atom. The van der Waals surface area contributed by atoms with E-state index >= 15 is 0 Å². The van der Waals surface area contributed by atoms with Crippen LogP contribution in [0.5, 0.6) is 0 Å². The number of amides is 1. The number of nitrogens with zero attached hydrogens (tertiary/aromatic N) is 2. The highest BCUT2D eigenvalue weighted by atomic mass is 16.5. The Morgan fingerprint density at radius 2 is 1.72 bits per heavy atom. The van der Waals surface area contributed by atoms with Crippen molar-refractivity contribution in [1.29, 1.82) is 0 Å². The van der Waals surface area contributed by atoms with Crippen molar-refractivity contribution in [2.45, 2.75) is 38.1 Å². The maximum atomic E-state index is 12.4. The molecule has 1 amide bonds. The molecule has 0 aromatic rings. The van der Waals surface area contributed by atoms with Gasteiger partial charge < -0.3 is 9.64 Å². The van der Waals surface area contributed by atoms with Gasteiger partial charge >= 0.3 is 0 Å². The van der Waals surface area contributed by atoms with Crippen LogP contribution in [0.3, 0.4) is 0 Å². The van der Waals surface area contributed by atoms with E-state index in [4.69, 9.17) is 4.74 Å². The zero-order chi connectivity index (χ0) is 12.4. The minimum Gasteiger partial charge on any atom is -0.379 e. The van der Waals surface area contributed by atoms with Crippen LogP contribution in [0.4, 0.5) is 0 Å². The van der Waals surface area contributed by atoms with E-state index in [1.165, 1.54) is 12.8 Å². The smallest absolute Gasteiger partial charge is 0.225 e. The highest BCUT2D eigenvalue weighted by molar-refractivity contribution is 5.79. The maximum Gasteiger partial charge on any atom is 0.225 e. The highest BCUT2D eigenvalue weighted by Gasteiger charge is 2.34. The number of ether oxygens (including phenoxy) is 1. The molecule has 0 aromatic carbocycles. The van der Waals surface area contributed by atoms with Crippen LogP contribution in [0, 0.1) is 5.92 Å². The molecule has 2 heterocycles. The molecule has 4 heteroatoms. The van der Waals surface area contributed by atoms with Gasteiger partial charge in [0.1, 0.15) is 0 Å². The summed E-state index contributed by atoms with van der Waals surface area (Å²) in [6.07, 6.45) is 5.89. The Kier molecular flexibility index (Phi) is 3.85. The van der Waals surface area contributed by atoms with E-state index in [-0.39, 0.29) is 0 Å². The van der Waals surface area contributed by atoms with Crippen molar-refractivity contribution in [2.75, 3.05) is 39.4 Å². The van der Waals surface area contributed by atoms with E-state index in [1.807, 2.05) is 0 Å². The molecule has 102 valence electrons. The lowest BCUT2D eigenvalue weighted by atomic mass is 10.1. The highest BCUT2D eigenvalue weighted by Crippen LogP contribution is 2.28. The summed E-state index contributed by atoms with van der Waals surface area (Å²) in [6, 6.07) is 0.583. The van der Waals surface area contributed by atoms with Gasteiger partial charge in [-0.3, -0.25) is 9.69 Å². The minimum absolute atomic E-state index is 0.341. The number of morpholine rings is 1. The molecule has 0 bridgehead atoms. The summed E-state index contributed by atoms with van der Waals surface area (Å²) in [6.45, 7) is 5.71. The van der Waals surface area contributed by atoms with Crippen LogP contribution < -0.4 is 0 Å². The van der Waals surface area contributed by atoms with Crippen molar-refractivity contribution in [3.8, 4) is 0 Å². The predicted molar refractivity (Wildman–Crippen MR) is 69.3 cm³/mol. The van der Waals surface area contributed by atoms with Gasteiger partial charge in [0.2, 0.25) is 5.91 Å². The van der Waals surface area contributed by atoms with Gasteiger partial charge in [0, 0.05) is 38.1 Å². The molecule has 1 unspecified atom stereocenters. The number of likely N-dealkylation sites (tertiary alicyclic amines) is 1. The first-order valence-corrected chi connectivity index (χ1v) is 7.45. The van der Waals surface area contributed by atoms with Crippen LogP contribution in [0.1, 0.15) is 32.1 Å². The van der Waals surface area contributed by atoms with Gasteiger partial charge in [0.25, 0.3) is 0 Å². The van der Waals surface area contributed by atoms with E-state index < -0.39 is 0 Å². The molecule has 3 rings (SSSR count). The van der Waals surface area contributed by atoms with Crippen molar-refractivity contribution >= 4 is 5.91 Å². The lowest BCUT2D eigenvalue weighted by Gasteiger charge is -2.32. The van der Waals surface area contributed by atoms with Crippen molar-refractivity contribution < 1.29 is 9.53 Å². The fraction of sp³-hybridized carbons (Fsp3) is 0.929. The molecule has 0 radical (unpaired) electrons. The first-order valence-electron chi connectivity index (χ1n) is 7.45. The average Bonchev–Trinajstić information content (AvgIpc) is 3.10. The quantitative estimate of drug-likeness (QED) is 0.738. The van der Waals surface area contributed by atoms with Crippen molar-refractivity contribution in [3.05, 3.63) is 0 Å². The molecular weight excluding hydrogens is 228 g/mol. The summed E-state index contributed by atoms with van der Waals surface area (Å²) >= 11 is 0. The molecule has 0 N–H and O–H groups in total. The molecule has 3 aliphatic rings. The van der Waals surface area contributed by atoms with Gasteiger partial charge in [-0.1, -0.05) is 12.8 Å². The summed E-state index contributed by atoms with van der Waals surface area (Å²) in [5, 5.41) is 0. The Labute approximate surface area is 109 Å². The molecule has 4 nitrogen and oxygen atoms in total. The van der Waals surface area contributed by atoms with Crippen LogP contribution in [-0.4, -0.2) is 61.1 Å². The lowest BCUT2D eigenvalue weighted by molar-refractivity contribution is -0.134. The van der Waals surface area contributed by atoms with Crippen LogP contribution in [-0.2, 0) is 9.53 Å². The third-order valence-corrected chi connectivity index (χ3v) is 4.74. The van der Waals surface area contributed by atoms with E-state index in [0.717, 1.165) is 58.7 Å². The van der Waals surface area contributed by atoms with Gasteiger partial charge in [-0.25, -0.2) is 0 Å². The third-order valence-electron chi connectivity index (χ3n) is 4.74. The Morgan fingerprint density at radius 3 is 2.44 bits per heavy atom. The molecule has 2 aliphatic heterocycles. The fourth-order valence-electron chi connectivity index (χ4n) is 3.61. The SMILES string of the molecule is O=C(C1CCCC1)N1CCC(N2CCOCC2)C1. The number of rotatable bonds is 2. The predicted octanol–water partition coefficient (Wildman–Crippen LogP) is 1.11. The normalized spacial score (nSPS) is 31.1. The molecule has 1 saturated carbocycles. The van der Waals surface area contributed by atoms with E-state index in [0.29, 0.717) is 17.9 Å². The summed E-state index contributed by atoms with van der Waals surface area (Å²) < 4.78 is 5.39. The van der Waals surface area contributed by atoms with Gasteiger partial charge in [0.05, 0.1) is 13.2 Å². The van der Waals surface area contributed by atoms with Crippen LogP contribution in [0.2, 0.25) is 0 Å². The average molecular weight is 252 g/mol. The number of hydrogen-bond acceptors (Lipinski definition) is 3. The zero-order valence-corrected chi connectivity index (χ0v) is 11.1. The molecule has 3 fully saturated rings. The summed E-state index contributed by atoms with van der Waals surface area (Å²) in [7, 11) is 0. The Bertz CT molecular complexity index is 296. The van der Waals surface area contributed by atoms with Crippen LogP contribution in [0.25, 0.3) is 0 Å². The molecule has 0 spiro atoms. The van der Waals surface area contributed by atoms with Gasteiger partial charge in [-0.15, -0.1) is 0 Å². The number of carbonyl (C=O) groups is 1. The summed E-state index contributed by atoms with van der Waals surface area (Å²) in [5.41, 5.74) is 0. The lowest BCUT2D eigenvalue weighted by Crippen LogP contribution is -2.45. The second-order valence-corrected chi connectivity index (χ2v) is 5.86. The van der Waals surface area contributed by atoms with Gasteiger partial charge in [0.15, 0.2) is 0 Å². The van der Waals surface area contributed by atoms with Crippen molar-refractivity contribution in [2.24, 2.45) is 5.92 Å². The van der Waals surface area contributed by atoms with Gasteiger partial charge in [-0.05, 0) is 19.3 Å². The van der Waals surface area contributed by atoms with Gasteiger partial charge in [-0.2, -0.15) is 0 Å². The monoisotopic (exact) mass is 252 g/mol. The summed E-state index contributed by atoms with van der Waals surface area (Å²) in [4.78, 5) is 17.0. The molecule has 1 atom stereocenters. The second kappa shape index (κ2) is 5.57. The Hall–Kier alpha value is -0.610. The fourth-order valence-corrected chi connectivity index (χ4v) is 3.61. The van der Waals surface area contributed by atoms with Crippen LogP contribution in [0.15, 0.2) is 0 Å². The van der Waals surface area contributed by atoms with Crippen molar-refractivity contribution in [1.82, 2.24) is 9.80 Å². The molecule has 1 aliphatic carbocycles. The standard InChI is InChI=1S/C14H24N2O2/c17-14(12-3-1-2-4-12)16-6-5-13(11-16)15-7-9-18-10-8-15/h12-13H,1-11H2. The van der Waals surface area contributed by atoms with E-state index in [1.54, 1.807) is 0 Å². The Balaban J connectivity index is 1.52. The first-order chi connectivity index (χ1) is 8.84. The zero-order valence-electron chi connectivity index (χ0n) is 11.1. The van der Waals surface area contributed by atoms with Crippen molar-refractivity contribution in [3.63, 3.8) is 0 Å². The van der Waals surface area contributed by atoms with Crippen LogP contribution >= 0.6 is 0 Å². The maximum absolute atomic E-state index is 12.4. The molecule has 0 aromatic heterocycles. The number of hydrogen-bond donors (Lipinski definition) is 0. The van der Waals surface area contributed by atoms with E-state index in [9.17, 15) is 4.79 Å². The molecule has 2 saturated heterocycles. The van der Waals surface area contributed by atoms with E-state index in [2.05, 4.69) is 9.80 Å². The molecular formula is C14H24N2O2. The first kappa shape index (κ1) is 12.4. The third kappa shape index (κ3) is 2.54. The topological polar surface area (TPSA) is 32.8 Å². The molecule has 18 heavy (non-hydrogen) atoms. The summed E-state index contributed by atoms with van der Waals surface area (Å²) in [5.74, 6) is 0.775. The second-order valence-electron chi connectivity index (χ2n) is 5.86. The largest absolute Gasteiger partial charge is 0.379 e. The minimum atomic E-state index is 0.341. The number of carbonyl (C=O) groups excluding carboxylic acids is 1.